The minimum Gasteiger partial charge on any atom is -0.452 e. The van der Waals surface area contributed by atoms with Crippen molar-refractivity contribution in [3.8, 4) is 0 Å². The number of nitrogens with one attached hydrogen (secondary N) is 1. The van der Waals surface area contributed by atoms with Crippen molar-refractivity contribution in [1.29, 1.82) is 0 Å². The lowest BCUT2D eigenvalue weighted by atomic mass is 10.1. The Bertz CT molecular complexity index is 1310. The number of carbonyl (C=O) groups is 2. The molecule has 8 nitrogen and oxygen atoms in total. The summed E-state index contributed by atoms with van der Waals surface area (Å²) in [5.74, 6) is -1.25. The molecule has 0 bridgehead atoms. The van der Waals surface area contributed by atoms with Crippen molar-refractivity contribution >= 4 is 50.0 Å². The third-order valence-corrected chi connectivity index (χ3v) is 7.50. The summed E-state index contributed by atoms with van der Waals surface area (Å²) in [6.45, 7) is 0.519. The van der Waals surface area contributed by atoms with Gasteiger partial charge in [0.2, 0.25) is 10.0 Å². The molecule has 0 spiro atoms. The molecule has 1 aliphatic rings. The summed E-state index contributed by atoms with van der Waals surface area (Å²) >= 11 is 6.13. The van der Waals surface area contributed by atoms with Crippen molar-refractivity contribution in [2.45, 2.75) is 4.90 Å². The number of ether oxygens (including phenoxy) is 2. The molecule has 1 saturated heterocycles. The maximum Gasteiger partial charge on any atom is 0.338 e. The Labute approximate surface area is 196 Å². The molecule has 4 rings (SSSR count). The molecule has 0 aliphatic carbocycles. The van der Waals surface area contributed by atoms with Crippen LogP contribution in [0.3, 0.4) is 0 Å². The van der Waals surface area contributed by atoms with E-state index in [4.69, 9.17) is 21.1 Å². The molecule has 33 heavy (non-hydrogen) atoms. The van der Waals surface area contributed by atoms with E-state index in [2.05, 4.69) is 5.32 Å². The lowest BCUT2D eigenvalue weighted by Gasteiger charge is -2.26. The van der Waals surface area contributed by atoms with E-state index in [0.29, 0.717) is 18.8 Å². The van der Waals surface area contributed by atoms with Crippen LogP contribution in [-0.2, 0) is 24.3 Å². The fourth-order valence-electron chi connectivity index (χ4n) is 3.43. The quantitative estimate of drug-likeness (QED) is 0.534. The molecule has 1 heterocycles. The first-order chi connectivity index (χ1) is 15.8. The monoisotopic (exact) mass is 488 g/mol. The second-order valence-electron chi connectivity index (χ2n) is 7.35. The Morgan fingerprint density at radius 3 is 2.48 bits per heavy atom. The van der Waals surface area contributed by atoms with Crippen LogP contribution in [0.15, 0.2) is 65.6 Å². The van der Waals surface area contributed by atoms with Crippen LogP contribution < -0.4 is 5.32 Å². The number of esters is 1. The Hall–Kier alpha value is -2.98. The van der Waals surface area contributed by atoms with Gasteiger partial charge in [-0.25, -0.2) is 13.2 Å². The molecule has 0 aromatic heterocycles. The van der Waals surface area contributed by atoms with Crippen LogP contribution in [0.1, 0.15) is 10.4 Å². The van der Waals surface area contributed by atoms with Crippen LogP contribution in [0.25, 0.3) is 10.8 Å². The van der Waals surface area contributed by atoms with Crippen molar-refractivity contribution in [3.63, 3.8) is 0 Å². The van der Waals surface area contributed by atoms with Crippen LogP contribution in [0.2, 0.25) is 5.02 Å². The number of nitrogens with zero attached hydrogens (tertiary/aromatic N) is 1. The third-order valence-electron chi connectivity index (χ3n) is 5.12. The molecular weight excluding hydrogens is 468 g/mol. The summed E-state index contributed by atoms with van der Waals surface area (Å²) in [4.78, 5) is 24.5. The average Bonchev–Trinajstić information content (AvgIpc) is 2.84. The molecule has 1 fully saturated rings. The van der Waals surface area contributed by atoms with E-state index < -0.39 is 28.5 Å². The lowest BCUT2D eigenvalue weighted by Crippen LogP contribution is -2.40. The number of fused-ring (bicyclic) bond motifs is 1. The minimum atomic E-state index is -3.85. The molecule has 3 aromatic rings. The molecule has 0 atom stereocenters. The number of morpholine rings is 1. The van der Waals surface area contributed by atoms with Crippen molar-refractivity contribution in [2.75, 3.05) is 38.2 Å². The topological polar surface area (TPSA) is 102 Å². The van der Waals surface area contributed by atoms with Crippen LogP contribution in [-0.4, -0.2) is 57.5 Å². The summed E-state index contributed by atoms with van der Waals surface area (Å²) in [5, 5.41) is 4.45. The molecule has 3 aromatic carbocycles. The zero-order valence-electron chi connectivity index (χ0n) is 17.5. The van der Waals surface area contributed by atoms with Crippen molar-refractivity contribution in [3.05, 3.63) is 71.2 Å². The van der Waals surface area contributed by atoms with Crippen LogP contribution in [0.4, 0.5) is 5.69 Å². The Balaban J connectivity index is 1.41. The van der Waals surface area contributed by atoms with E-state index in [0.717, 1.165) is 10.8 Å². The maximum absolute atomic E-state index is 12.9. The first-order valence-corrected chi connectivity index (χ1v) is 12.0. The largest absolute Gasteiger partial charge is 0.452 e. The summed E-state index contributed by atoms with van der Waals surface area (Å²) in [6.07, 6.45) is 0. The molecule has 1 amide bonds. The number of hydrogen-bond donors (Lipinski definition) is 1. The number of halogens is 1. The van der Waals surface area contributed by atoms with Crippen LogP contribution >= 0.6 is 11.6 Å². The van der Waals surface area contributed by atoms with Gasteiger partial charge in [-0.2, -0.15) is 4.31 Å². The second kappa shape index (κ2) is 9.88. The summed E-state index contributed by atoms with van der Waals surface area (Å²) in [6, 6.07) is 16.9. The molecular formula is C23H21ClN2O6S. The number of amides is 1. The molecule has 0 saturated carbocycles. The molecule has 0 radical (unpaired) electrons. The summed E-state index contributed by atoms with van der Waals surface area (Å²) in [5.41, 5.74) is 0.546. The average molecular weight is 489 g/mol. The smallest absolute Gasteiger partial charge is 0.338 e. The van der Waals surface area contributed by atoms with Gasteiger partial charge in [0.15, 0.2) is 6.61 Å². The van der Waals surface area contributed by atoms with Gasteiger partial charge in [0.25, 0.3) is 5.91 Å². The predicted octanol–water partition coefficient (Wildman–Crippen LogP) is 3.31. The predicted molar refractivity (Wildman–Crippen MR) is 124 cm³/mol. The van der Waals surface area contributed by atoms with Gasteiger partial charge in [-0.15, -0.1) is 0 Å². The maximum atomic E-state index is 12.9. The number of sulfonamides is 1. The van der Waals surface area contributed by atoms with Crippen molar-refractivity contribution < 1.29 is 27.5 Å². The van der Waals surface area contributed by atoms with E-state index in [1.807, 2.05) is 24.3 Å². The zero-order chi connectivity index (χ0) is 23.4. The second-order valence-corrected chi connectivity index (χ2v) is 9.66. The Morgan fingerprint density at radius 1 is 1.00 bits per heavy atom. The number of rotatable bonds is 6. The van der Waals surface area contributed by atoms with E-state index in [1.54, 1.807) is 18.2 Å². The minimum absolute atomic E-state index is 0.0437. The Kier molecular flexibility index (Phi) is 6.94. The highest BCUT2D eigenvalue weighted by molar-refractivity contribution is 7.89. The number of anilines is 1. The van der Waals surface area contributed by atoms with Gasteiger partial charge in [-0.3, -0.25) is 4.79 Å². The molecule has 1 aliphatic heterocycles. The molecule has 1 N–H and O–H groups in total. The number of carbonyl (C=O) groups excluding carboxylic acids is 2. The van der Waals surface area contributed by atoms with Gasteiger partial charge in [0, 0.05) is 18.8 Å². The van der Waals surface area contributed by atoms with Gasteiger partial charge < -0.3 is 14.8 Å². The fraction of sp³-hybridized carbons (Fsp3) is 0.217. The summed E-state index contributed by atoms with van der Waals surface area (Å²) < 4.78 is 37.4. The zero-order valence-corrected chi connectivity index (χ0v) is 19.1. The molecule has 0 unspecified atom stereocenters. The number of benzene rings is 3. The van der Waals surface area contributed by atoms with Gasteiger partial charge in [-0.05, 0) is 41.1 Å². The van der Waals surface area contributed by atoms with Gasteiger partial charge in [-0.1, -0.05) is 41.9 Å². The SMILES string of the molecule is O=C(COC(=O)c1ccc2ccccc2c1)Nc1ccc(Cl)c(S(=O)(=O)N2CCOCC2)c1. The third kappa shape index (κ3) is 5.33. The van der Waals surface area contributed by atoms with Crippen LogP contribution in [0.5, 0.6) is 0 Å². The fourth-order valence-corrected chi connectivity index (χ4v) is 5.34. The first kappa shape index (κ1) is 23.2. The van der Waals surface area contributed by atoms with Gasteiger partial charge in [0.1, 0.15) is 4.90 Å². The molecule has 10 heteroatoms. The van der Waals surface area contributed by atoms with Crippen molar-refractivity contribution in [2.24, 2.45) is 0 Å². The highest BCUT2D eigenvalue weighted by Crippen LogP contribution is 2.28. The normalized spacial score (nSPS) is 14.7. The van der Waals surface area contributed by atoms with Crippen molar-refractivity contribution in [1.82, 2.24) is 4.31 Å². The Morgan fingerprint density at radius 2 is 1.73 bits per heavy atom. The first-order valence-electron chi connectivity index (χ1n) is 10.2. The summed E-state index contributed by atoms with van der Waals surface area (Å²) in [7, 11) is -3.85. The van der Waals surface area contributed by atoms with Gasteiger partial charge in [0.05, 0.1) is 23.8 Å². The number of hydrogen-bond acceptors (Lipinski definition) is 6. The standard InChI is InChI=1S/C23H21ClN2O6S/c24-20-8-7-19(14-21(20)33(29,30)26-9-11-31-12-10-26)25-22(27)15-32-23(28)18-6-5-16-3-1-2-4-17(16)13-18/h1-8,13-14H,9-12,15H2,(H,25,27). The van der Waals surface area contributed by atoms with E-state index in [9.17, 15) is 18.0 Å². The highest BCUT2D eigenvalue weighted by Gasteiger charge is 2.28. The van der Waals surface area contributed by atoms with E-state index >= 15 is 0 Å². The lowest BCUT2D eigenvalue weighted by molar-refractivity contribution is -0.119. The van der Waals surface area contributed by atoms with Crippen LogP contribution in [0, 0.1) is 0 Å². The van der Waals surface area contributed by atoms with E-state index in [1.165, 1.54) is 22.5 Å². The van der Waals surface area contributed by atoms with Gasteiger partial charge >= 0.3 is 5.97 Å². The molecule has 172 valence electrons. The highest BCUT2D eigenvalue weighted by atomic mass is 35.5. The van der Waals surface area contributed by atoms with E-state index in [-0.39, 0.29) is 28.7 Å².